The summed E-state index contributed by atoms with van der Waals surface area (Å²) >= 11 is 0. The van der Waals surface area contributed by atoms with Gasteiger partial charge in [-0.3, -0.25) is 4.79 Å². The molecule has 25 heavy (non-hydrogen) atoms. The number of carbonyl (C=O) groups excluding carboxylic acids is 1. The molecule has 3 fully saturated rings. The number of aliphatic hydroxyl groups excluding tert-OH is 1. The number of fused-ring (bicyclic) bond motifs is 5. The minimum atomic E-state index is -1.16. The highest BCUT2D eigenvalue weighted by Crippen LogP contribution is 2.68. The zero-order valence-electron chi connectivity index (χ0n) is 16.2. The maximum absolute atomic E-state index is 12.4. The van der Waals surface area contributed by atoms with Crippen LogP contribution in [0.2, 0.25) is 0 Å². The first-order chi connectivity index (χ1) is 11.6. The van der Waals surface area contributed by atoms with Crippen LogP contribution in [0.5, 0.6) is 0 Å². The first-order valence-corrected chi connectivity index (χ1v) is 10.3. The molecule has 0 radical (unpaired) electrons. The van der Waals surface area contributed by atoms with Gasteiger partial charge in [-0.1, -0.05) is 32.4 Å². The smallest absolute Gasteiger partial charge is 0.162 e. The summed E-state index contributed by atoms with van der Waals surface area (Å²) in [4.78, 5) is 12.4. The summed E-state index contributed by atoms with van der Waals surface area (Å²) < 4.78 is 0. The van der Waals surface area contributed by atoms with Crippen LogP contribution in [-0.4, -0.2) is 27.7 Å². The zero-order valence-corrected chi connectivity index (χ0v) is 16.2. The van der Waals surface area contributed by atoms with Crippen LogP contribution in [0.1, 0.15) is 72.6 Å². The molecular weight excluding hydrogens is 312 g/mol. The number of allylic oxidation sites excluding steroid dienone is 1. The van der Waals surface area contributed by atoms with Gasteiger partial charge in [-0.05, 0) is 81.0 Å². The molecule has 4 aliphatic rings. The van der Waals surface area contributed by atoms with E-state index in [0.29, 0.717) is 17.8 Å². The zero-order chi connectivity index (χ0) is 18.2. The minimum Gasteiger partial charge on any atom is -0.393 e. The van der Waals surface area contributed by atoms with Gasteiger partial charge >= 0.3 is 0 Å². The molecule has 0 spiro atoms. The molecule has 0 aliphatic heterocycles. The second kappa shape index (κ2) is 5.42. The highest BCUT2D eigenvalue weighted by molar-refractivity contribution is 5.86. The molecule has 3 saturated carbocycles. The first-order valence-electron chi connectivity index (χ1n) is 10.3. The van der Waals surface area contributed by atoms with Gasteiger partial charge in [-0.15, -0.1) is 0 Å². The Labute approximate surface area is 151 Å². The SMILES string of the molecule is CC(=O)[C@]1(O)[C@@H](C)C[C@H]2[C@H]3CC=C4C[C@H](O)CC[C@@]4(C)[C@H]3CC[C@]21C. The summed E-state index contributed by atoms with van der Waals surface area (Å²) in [7, 11) is 0. The van der Waals surface area contributed by atoms with Gasteiger partial charge in [0.05, 0.1) is 6.10 Å². The van der Waals surface area contributed by atoms with Crippen molar-refractivity contribution < 1.29 is 15.0 Å². The highest BCUT2D eigenvalue weighted by atomic mass is 16.3. The normalized spacial score (nSPS) is 55.0. The summed E-state index contributed by atoms with van der Waals surface area (Å²) in [6, 6.07) is 0. The molecule has 0 amide bonds. The van der Waals surface area contributed by atoms with Crippen LogP contribution in [0.3, 0.4) is 0 Å². The van der Waals surface area contributed by atoms with E-state index >= 15 is 0 Å². The van der Waals surface area contributed by atoms with Crippen LogP contribution >= 0.6 is 0 Å². The molecule has 0 aromatic rings. The monoisotopic (exact) mass is 346 g/mol. The third kappa shape index (κ3) is 2.09. The average Bonchev–Trinajstić information content (AvgIpc) is 2.77. The maximum Gasteiger partial charge on any atom is 0.162 e. The quantitative estimate of drug-likeness (QED) is 0.709. The Kier molecular flexibility index (Phi) is 3.84. The lowest BCUT2D eigenvalue weighted by Crippen LogP contribution is -2.58. The van der Waals surface area contributed by atoms with Crippen LogP contribution in [0, 0.1) is 34.5 Å². The van der Waals surface area contributed by atoms with Gasteiger partial charge in [0.15, 0.2) is 5.78 Å². The molecule has 0 heterocycles. The van der Waals surface area contributed by atoms with Crippen molar-refractivity contribution in [2.75, 3.05) is 0 Å². The Bertz CT molecular complexity index is 625. The van der Waals surface area contributed by atoms with Crippen molar-refractivity contribution in [1.82, 2.24) is 0 Å². The minimum absolute atomic E-state index is 0.0394. The molecule has 140 valence electrons. The second-order valence-corrected chi connectivity index (χ2v) is 10.1. The van der Waals surface area contributed by atoms with Gasteiger partial charge < -0.3 is 10.2 Å². The molecular formula is C22H34O3. The van der Waals surface area contributed by atoms with Gasteiger partial charge in [-0.2, -0.15) is 0 Å². The fraction of sp³-hybridized carbons (Fsp3) is 0.864. The van der Waals surface area contributed by atoms with Crippen molar-refractivity contribution in [3.63, 3.8) is 0 Å². The number of hydrogen-bond donors (Lipinski definition) is 2. The molecule has 4 rings (SSSR count). The van der Waals surface area contributed by atoms with Gasteiger partial charge in [0.1, 0.15) is 5.60 Å². The lowest BCUT2D eigenvalue weighted by Gasteiger charge is -2.58. The second-order valence-electron chi connectivity index (χ2n) is 10.1. The summed E-state index contributed by atoms with van der Waals surface area (Å²) in [5.41, 5.74) is 0.249. The van der Waals surface area contributed by atoms with Crippen molar-refractivity contribution in [3.8, 4) is 0 Å². The molecule has 3 heteroatoms. The number of carbonyl (C=O) groups is 1. The van der Waals surface area contributed by atoms with E-state index in [4.69, 9.17) is 0 Å². The Morgan fingerprint density at radius 2 is 1.92 bits per heavy atom. The molecule has 0 aromatic carbocycles. The van der Waals surface area contributed by atoms with E-state index in [0.717, 1.165) is 44.9 Å². The summed E-state index contributed by atoms with van der Waals surface area (Å²) in [5.74, 6) is 1.64. The molecule has 3 nitrogen and oxygen atoms in total. The summed E-state index contributed by atoms with van der Waals surface area (Å²) in [5, 5.41) is 21.5. The third-order valence-electron chi connectivity index (χ3n) is 9.20. The van der Waals surface area contributed by atoms with Gasteiger partial charge in [0, 0.05) is 5.41 Å². The van der Waals surface area contributed by atoms with Gasteiger partial charge in [0.2, 0.25) is 0 Å². The van der Waals surface area contributed by atoms with E-state index < -0.39 is 5.60 Å². The lowest BCUT2D eigenvalue weighted by molar-refractivity contribution is -0.165. The van der Waals surface area contributed by atoms with E-state index in [2.05, 4.69) is 26.8 Å². The molecule has 0 aromatic heterocycles. The fourth-order valence-corrected chi connectivity index (χ4v) is 7.73. The van der Waals surface area contributed by atoms with Crippen molar-refractivity contribution in [2.24, 2.45) is 34.5 Å². The maximum atomic E-state index is 12.4. The third-order valence-corrected chi connectivity index (χ3v) is 9.20. The highest BCUT2D eigenvalue weighted by Gasteiger charge is 2.67. The Balaban J connectivity index is 1.72. The Morgan fingerprint density at radius 3 is 2.60 bits per heavy atom. The topological polar surface area (TPSA) is 57.5 Å². The average molecular weight is 347 g/mol. The van der Waals surface area contributed by atoms with Crippen LogP contribution in [0.25, 0.3) is 0 Å². The van der Waals surface area contributed by atoms with Crippen molar-refractivity contribution in [2.45, 2.75) is 84.3 Å². The molecule has 0 unspecified atom stereocenters. The first kappa shape index (κ1) is 17.7. The van der Waals surface area contributed by atoms with Crippen LogP contribution < -0.4 is 0 Å². The Hall–Kier alpha value is -0.670. The van der Waals surface area contributed by atoms with E-state index in [9.17, 15) is 15.0 Å². The van der Waals surface area contributed by atoms with Crippen LogP contribution in [0.15, 0.2) is 11.6 Å². The van der Waals surface area contributed by atoms with Crippen molar-refractivity contribution >= 4 is 5.78 Å². The number of hydrogen-bond acceptors (Lipinski definition) is 3. The fourth-order valence-electron chi connectivity index (χ4n) is 7.73. The van der Waals surface area contributed by atoms with Crippen molar-refractivity contribution in [1.29, 1.82) is 0 Å². The van der Waals surface area contributed by atoms with Crippen molar-refractivity contribution in [3.05, 3.63) is 11.6 Å². The van der Waals surface area contributed by atoms with E-state index in [1.807, 2.05) is 0 Å². The van der Waals surface area contributed by atoms with Crippen LogP contribution in [-0.2, 0) is 4.79 Å². The predicted octanol–water partition coefficient (Wildman–Crippen LogP) is 3.88. The number of ketones is 1. The molecule has 0 saturated heterocycles. The van der Waals surface area contributed by atoms with Gasteiger partial charge in [0.25, 0.3) is 0 Å². The predicted molar refractivity (Wildman–Crippen MR) is 97.9 cm³/mol. The molecule has 8 atom stereocenters. The number of Topliss-reactive ketones (excluding diaryl/α,β-unsaturated/α-hetero) is 1. The van der Waals surface area contributed by atoms with Gasteiger partial charge in [-0.25, -0.2) is 0 Å². The van der Waals surface area contributed by atoms with E-state index in [-0.39, 0.29) is 28.6 Å². The van der Waals surface area contributed by atoms with E-state index in [1.165, 1.54) is 5.57 Å². The number of aliphatic hydroxyl groups is 2. The Morgan fingerprint density at radius 1 is 1.20 bits per heavy atom. The van der Waals surface area contributed by atoms with E-state index in [1.54, 1.807) is 6.92 Å². The molecule has 0 bridgehead atoms. The summed E-state index contributed by atoms with van der Waals surface area (Å²) in [6.45, 7) is 8.26. The lowest BCUT2D eigenvalue weighted by atomic mass is 9.46. The summed E-state index contributed by atoms with van der Waals surface area (Å²) in [6.07, 6.45) is 9.15. The standard InChI is InChI=1S/C22H34O3/c1-13-11-19-17-6-5-15-12-16(24)7-9-20(15,3)18(17)8-10-21(19,4)22(13,25)14(2)23/h5,13,16-19,24-25H,6-12H2,1-4H3/t13-,16+,17-,18-,19-,20+,21+,22+/m0/s1. The molecule has 4 aliphatic carbocycles. The van der Waals surface area contributed by atoms with Crippen LogP contribution in [0.4, 0.5) is 0 Å². The largest absolute Gasteiger partial charge is 0.393 e. The number of rotatable bonds is 1. The molecule has 2 N–H and O–H groups in total.